The first kappa shape index (κ1) is 10.0. The third-order valence-corrected chi connectivity index (χ3v) is 1.95. The number of rotatable bonds is 5. The lowest BCUT2D eigenvalue weighted by Crippen LogP contribution is -1.83. The lowest BCUT2D eigenvalue weighted by Gasteiger charge is -2.01. The largest absolute Gasteiger partial charge is 0.364 e. The quantitative estimate of drug-likeness (QED) is 0.689. The topological polar surface area (TPSA) is 26.0 Å². The van der Waals surface area contributed by atoms with Crippen molar-refractivity contribution < 1.29 is 4.52 Å². The molecule has 0 atom stereocenters. The first-order valence-corrected chi connectivity index (χ1v) is 4.96. The molecular weight excluding hydrogens is 162 g/mol. The van der Waals surface area contributed by atoms with E-state index >= 15 is 0 Å². The van der Waals surface area contributed by atoms with Gasteiger partial charge in [0.2, 0.25) is 0 Å². The van der Waals surface area contributed by atoms with Gasteiger partial charge in [-0.1, -0.05) is 37.4 Å². The van der Waals surface area contributed by atoms with Crippen molar-refractivity contribution in [2.75, 3.05) is 0 Å². The van der Waals surface area contributed by atoms with Gasteiger partial charge in [-0.2, -0.15) is 0 Å². The molecule has 0 bridgehead atoms. The Kier molecular flexibility index (Phi) is 4.30. The molecule has 1 aromatic rings. The highest BCUT2D eigenvalue weighted by atomic mass is 16.5. The molecule has 0 aliphatic heterocycles. The van der Waals surface area contributed by atoms with Crippen molar-refractivity contribution >= 4 is 6.08 Å². The number of allylic oxidation sites excluding steroid dienone is 1. The van der Waals surface area contributed by atoms with E-state index < -0.39 is 0 Å². The van der Waals surface area contributed by atoms with E-state index in [9.17, 15) is 0 Å². The fourth-order valence-corrected chi connectivity index (χ4v) is 1.42. The molecule has 1 aromatic heterocycles. The normalized spacial score (nSPS) is 10.0. The molecule has 1 rings (SSSR count). The molecule has 0 aliphatic carbocycles. The fraction of sp³-hybridized carbons (Fsp3) is 0.545. The van der Waals surface area contributed by atoms with Crippen molar-refractivity contribution in [2.24, 2.45) is 0 Å². The Balaban J connectivity index is 2.62. The van der Waals surface area contributed by atoms with E-state index in [1.54, 1.807) is 6.26 Å². The van der Waals surface area contributed by atoms with Crippen LogP contribution in [0.15, 0.2) is 22.4 Å². The average Bonchev–Trinajstić information content (AvgIpc) is 2.58. The highest BCUT2D eigenvalue weighted by molar-refractivity contribution is 5.47. The molecule has 0 aliphatic rings. The molecule has 0 fully saturated rings. The van der Waals surface area contributed by atoms with Crippen molar-refractivity contribution in [2.45, 2.75) is 39.5 Å². The highest BCUT2D eigenvalue weighted by Gasteiger charge is 1.97. The van der Waals surface area contributed by atoms with Gasteiger partial charge in [0.15, 0.2) is 0 Å². The Labute approximate surface area is 79.6 Å². The van der Waals surface area contributed by atoms with Crippen LogP contribution in [-0.4, -0.2) is 5.16 Å². The number of hydrogen-bond acceptors (Lipinski definition) is 2. The van der Waals surface area contributed by atoms with Gasteiger partial charge in [0.05, 0.1) is 0 Å². The second-order valence-electron chi connectivity index (χ2n) is 3.23. The predicted octanol–water partition coefficient (Wildman–Crippen LogP) is 3.66. The van der Waals surface area contributed by atoms with Crippen molar-refractivity contribution in [3.63, 3.8) is 0 Å². The molecule has 0 saturated carbocycles. The maximum atomic E-state index is 4.78. The van der Waals surface area contributed by atoms with Crippen LogP contribution in [0.1, 0.15) is 45.2 Å². The Bertz CT molecular complexity index is 241. The van der Waals surface area contributed by atoms with Crippen LogP contribution in [0.4, 0.5) is 0 Å². The monoisotopic (exact) mass is 179 g/mol. The van der Waals surface area contributed by atoms with Crippen LogP contribution in [-0.2, 0) is 0 Å². The van der Waals surface area contributed by atoms with Gasteiger partial charge >= 0.3 is 0 Å². The summed E-state index contributed by atoms with van der Waals surface area (Å²) in [7, 11) is 0. The van der Waals surface area contributed by atoms with Gasteiger partial charge < -0.3 is 4.52 Å². The van der Waals surface area contributed by atoms with E-state index in [-0.39, 0.29) is 0 Å². The number of aromatic nitrogens is 1. The van der Waals surface area contributed by atoms with Gasteiger partial charge in [0, 0.05) is 6.07 Å². The SMILES string of the molecule is CCCC(=Cc1ccon1)CCC. The molecule has 0 radical (unpaired) electrons. The van der Waals surface area contributed by atoms with Gasteiger partial charge in [-0.3, -0.25) is 0 Å². The molecule has 0 unspecified atom stereocenters. The molecule has 2 heteroatoms. The summed E-state index contributed by atoms with van der Waals surface area (Å²) in [5.41, 5.74) is 2.41. The van der Waals surface area contributed by atoms with Gasteiger partial charge in [-0.25, -0.2) is 0 Å². The summed E-state index contributed by atoms with van der Waals surface area (Å²) in [6.07, 6.45) is 8.48. The zero-order valence-electron chi connectivity index (χ0n) is 8.42. The van der Waals surface area contributed by atoms with Crippen LogP contribution in [0.5, 0.6) is 0 Å². The van der Waals surface area contributed by atoms with Crippen LogP contribution in [0.3, 0.4) is 0 Å². The van der Waals surface area contributed by atoms with Crippen LogP contribution in [0.25, 0.3) is 6.08 Å². The van der Waals surface area contributed by atoms with Crippen LogP contribution in [0, 0.1) is 0 Å². The fourth-order valence-electron chi connectivity index (χ4n) is 1.42. The molecule has 13 heavy (non-hydrogen) atoms. The summed E-state index contributed by atoms with van der Waals surface area (Å²) in [6.45, 7) is 4.40. The summed E-state index contributed by atoms with van der Waals surface area (Å²) < 4.78 is 4.78. The molecular formula is C11H17NO. The standard InChI is InChI=1S/C11H17NO/c1-3-5-10(6-4-2)9-11-7-8-13-12-11/h7-9H,3-6H2,1-2H3. The number of hydrogen-bond donors (Lipinski definition) is 0. The lowest BCUT2D eigenvalue weighted by atomic mass is 10.0. The molecule has 0 saturated heterocycles. The second kappa shape index (κ2) is 5.57. The molecule has 0 N–H and O–H groups in total. The summed E-state index contributed by atoms with van der Waals surface area (Å²) in [5, 5.41) is 3.87. The minimum absolute atomic E-state index is 0.942. The first-order valence-electron chi connectivity index (χ1n) is 4.96. The van der Waals surface area contributed by atoms with Crippen LogP contribution >= 0.6 is 0 Å². The molecule has 0 aromatic carbocycles. The molecule has 0 spiro atoms. The van der Waals surface area contributed by atoms with Gasteiger partial charge in [0.25, 0.3) is 0 Å². The van der Waals surface area contributed by atoms with Crippen molar-refractivity contribution in [3.8, 4) is 0 Å². The molecule has 2 nitrogen and oxygen atoms in total. The Morgan fingerprint density at radius 3 is 2.54 bits per heavy atom. The molecule has 72 valence electrons. The van der Waals surface area contributed by atoms with Crippen molar-refractivity contribution in [1.29, 1.82) is 0 Å². The third-order valence-electron chi connectivity index (χ3n) is 1.95. The number of nitrogens with zero attached hydrogens (tertiary/aromatic N) is 1. The van der Waals surface area contributed by atoms with E-state index in [0.717, 1.165) is 5.69 Å². The van der Waals surface area contributed by atoms with E-state index in [2.05, 4.69) is 25.1 Å². The Morgan fingerprint density at radius 2 is 2.08 bits per heavy atom. The van der Waals surface area contributed by atoms with E-state index in [0.29, 0.717) is 0 Å². The maximum Gasteiger partial charge on any atom is 0.124 e. The summed E-state index contributed by atoms with van der Waals surface area (Å²) in [5.74, 6) is 0. The Morgan fingerprint density at radius 1 is 1.38 bits per heavy atom. The summed E-state index contributed by atoms with van der Waals surface area (Å²) in [6, 6.07) is 1.89. The third kappa shape index (κ3) is 3.45. The van der Waals surface area contributed by atoms with Gasteiger partial charge in [-0.15, -0.1) is 0 Å². The van der Waals surface area contributed by atoms with E-state index in [4.69, 9.17) is 4.52 Å². The van der Waals surface area contributed by atoms with Gasteiger partial charge in [0.1, 0.15) is 12.0 Å². The zero-order valence-corrected chi connectivity index (χ0v) is 8.42. The minimum Gasteiger partial charge on any atom is -0.364 e. The predicted molar refractivity (Wildman–Crippen MR) is 54.3 cm³/mol. The summed E-state index contributed by atoms with van der Waals surface area (Å²) >= 11 is 0. The van der Waals surface area contributed by atoms with E-state index in [1.807, 2.05) is 6.07 Å². The lowest BCUT2D eigenvalue weighted by molar-refractivity contribution is 0.418. The Hall–Kier alpha value is -1.05. The minimum atomic E-state index is 0.942. The smallest absolute Gasteiger partial charge is 0.124 e. The molecule has 0 amide bonds. The first-order chi connectivity index (χ1) is 6.36. The second-order valence-corrected chi connectivity index (χ2v) is 3.23. The van der Waals surface area contributed by atoms with Gasteiger partial charge in [-0.05, 0) is 18.9 Å². The highest BCUT2D eigenvalue weighted by Crippen LogP contribution is 2.15. The maximum absolute atomic E-state index is 4.78. The van der Waals surface area contributed by atoms with Crippen molar-refractivity contribution in [1.82, 2.24) is 5.16 Å². The summed E-state index contributed by atoms with van der Waals surface area (Å²) in [4.78, 5) is 0. The van der Waals surface area contributed by atoms with E-state index in [1.165, 1.54) is 31.3 Å². The van der Waals surface area contributed by atoms with Crippen LogP contribution in [0.2, 0.25) is 0 Å². The zero-order chi connectivity index (χ0) is 9.52. The van der Waals surface area contributed by atoms with Crippen LogP contribution < -0.4 is 0 Å². The average molecular weight is 179 g/mol. The molecule has 1 heterocycles. The van der Waals surface area contributed by atoms with Crippen molar-refractivity contribution in [3.05, 3.63) is 23.6 Å².